The molecular formula is C23H33IN6O. The molecule has 1 saturated heterocycles. The van der Waals surface area contributed by atoms with Gasteiger partial charge in [0.25, 0.3) is 0 Å². The minimum Gasteiger partial charge on any atom is -0.352 e. The van der Waals surface area contributed by atoms with Gasteiger partial charge in [-0.15, -0.1) is 24.0 Å². The number of nitrogens with one attached hydrogen (secondary N) is 2. The van der Waals surface area contributed by atoms with E-state index in [1.54, 1.807) is 13.2 Å². The second-order valence-electron chi connectivity index (χ2n) is 8.37. The molecule has 1 unspecified atom stereocenters. The van der Waals surface area contributed by atoms with Crippen molar-refractivity contribution < 1.29 is 4.79 Å². The van der Waals surface area contributed by atoms with Gasteiger partial charge in [0.15, 0.2) is 5.96 Å². The van der Waals surface area contributed by atoms with Gasteiger partial charge >= 0.3 is 0 Å². The summed E-state index contributed by atoms with van der Waals surface area (Å²) in [5.74, 6) is 1.41. The van der Waals surface area contributed by atoms with Crippen molar-refractivity contribution in [3.8, 4) is 0 Å². The molecule has 1 aromatic carbocycles. The summed E-state index contributed by atoms with van der Waals surface area (Å²) in [5, 5.41) is 6.88. The minimum atomic E-state index is 0. The Morgan fingerprint density at radius 3 is 2.58 bits per heavy atom. The number of halogens is 1. The van der Waals surface area contributed by atoms with Crippen molar-refractivity contribution in [3.05, 3.63) is 54.1 Å². The lowest BCUT2D eigenvalue weighted by atomic mass is 10.1. The highest BCUT2D eigenvalue weighted by Gasteiger charge is 2.32. The minimum absolute atomic E-state index is 0. The SMILES string of the molecule is CN=C(NCc1ccc(Cn2ccnc2)cc1)NC1CCN(C(=O)C2CCCC2)C1.I. The topological polar surface area (TPSA) is 74.6 Å². The fourth-order valence-electron chi connectivity index (χ4n) is 4.44. The molecule has 1 aliphatic heterocycles. The van der Waals surface area contributed by atoms with E-state index in [4.69, 9.17) is 0 Å². The lowest BCUT2D eigenvalue weighted by Gasteiger charge is -2.21. The van der Waals surface area contributed by atoms with Gasteiger partial charge in [0, 0.05) is 57.6 Å². The monoisotopic (exact) mass is 536 g/mol. The zero-order valence-corrected chi connectivity index (χ0v) is 20.5. The summed E-state index contributed by atoms with van der Waals surface area (Å²) >= 11 is 0. The first-order valence-corrected chi connectivity index (χ1v) is 11.0. The van der Waals surface area contributed by atoms with Gasteiger partial charge in [-0.2, -0.15) is 0 Å². The molecule has 31 heavy (non-hydrogen) atoms. The number of rotatable bonds is 6. The van der Waals surface area contributed by atoms with E-state index in [1.807, 2.05) is 17.4 Å². The van der Waals surface area contributed by atoms with E-state index in [1.165, 1.54) is 24.0 Å². The van der Waals surface area contributed by atoms with Crippen LogP contribution in [-0.2, 0) is 17.9 Å². The van der Waals surface area contributed by atoms with Gasteiger partial charge in [0.2, 0.25) is 5.91 Å². The Balaban J connectivity index is 0.00000272. The van der Waals surface area contributed by atoms with E-state index in [9.17, 15) is 4.79 Å². The van der Waals surface area contributed by atoms with Crippen LogP contribution in [0.2, 0.25) is 0 Å². The van der Waals surface area contributed by atoms with Crippen LogP contribution in [0.5, 0.6) is 0 Å². The highest BCUT2D eigenvalue weighted by atomic mass is 127. The molecule has 2 fully saturated rings. The molecule has 1 amide bonds. The van der Waals surface area contributed by atoms with Gasteiger partial charge in [0.1, 0.15) is 0 Å². The number of carbonyl (C=O) groups excluding carboxylic acids is 1. The second-order valence-corrected chi connectivity index (χ2v) is 8.37. The van der Waals surface area contributed by atoms with E-state index >= 15 is 0 Å². The van der Waals surface area contributed by atoms with Gasteiger partial charge in [-0.25, -0.2) is 4.98 Å². The number of nitrogens with zero attached hydrogens (tertiary/aromatic N) is 4. The van der Waals surface area contributed by atoms with E-state index in [0.29, 0.717) is 12.5 Å². The lowest BCUT2D eigenvalue weighted by Crippen LogP contribution is -2.45. The van der Waals surface area contributed by atoms with Crippen LogP contribution in [0.1, 0.15) is 43.2 Å². The third-order valence-electron chi connectivity index (χ3n) is 6.18. The molecule has 1 aromatic heterocycles. The predicted octanol–water partition coefficient (Wildman–Crippen LogP) is 3.01. The van der Waals surface area contributed by atoms with E-state index in [0.717, 1.165) is 44.9 Å². The number of guanidine groups is 1. The lowest BCUT2D eigenvalue weighted by molar-refractivity contribution is -0.134. The van der Waals surface area contributed by atoms with Crippen LogP contribution < -0.4 is 10.6 Å². The highest BCUT2D eigenvalue weighted by Crippen LogP contribution is 2.27. The van der Waals surface area contributed by atoms with Crippen LogP contribution in [0.4, 0.5) is 0 Å². The normalized spacial score (nSPS) is 19.3. The Labute approximate surface area is 201 Å². The molecular weight excluding hydrogens is 503 g/mol. The van der Waals surface area contributed by atoms with Crippen LogP contribution in [-0.4, -0.2) is 52.5 Å². The fourth-order valence-corrected chi connectivity index (χ4v) is 4.44. The van der Waals surface area contributed by atoms with E-state index in [2.05, 4.69) is 49.4 Å². The molecule has 0 radical (unpaired) electrons. The number of aliphatic imine (C=N–C) groups is 1. The predicted molar refractivity (Wildman–Crippen MR) is 133 cm³/mol. The van der Waals surface area contributed by atoms with Crippen molar-refractivity contribution in [2.45, 2.75) is 51.2 Å². The molecule has 8 heteroatoms. The molecule has 7 nitrogen and oxygen atoms in total. The molecule has 0 bridgehead atoms. The van der Waals surface area contributed by atoms with Gasteiger partial charge in [0.05, 0.1) is 6.33 Å². The van der Waals surface area contributed by atoms with Gasteiger partial charge < -0.3 is 20.1 Å². The maximum Gasteiger partial charge on any atom is 0.225 e. The molecule has 2 heterocycles. The van der Waals surface area contributed by atoms with Gasteiger partial charge in [-0.3, -0.25) is 9.79 Å². The fraction of sp³-hybridized carbons (Fsp3) is 0.522. The number of hydrogen-bond acceptors (Lipinski definition) is 3. The summed E-state index contributed by atoms with van der Waals surface area (Å²) < 4.78 is 2.06. The van der Waals surface area contributed by atoms with Crippen molar-refractivity contribution >= 4 is 35.8 Å². The van der Waals surface area contributed by atoms with E-state index < -0.39 is 0 Å². The summed E-state index contributed by atoms with van der Waals surface area (Å²) in [7, 11) is 1.79. The van der Waals surface area contributed by atoms with Crippen molar-refractivity contribution in [3.63, 3.8) is 0 Å². The number of aromatic nitrogens is 2. The molecule has 168 valence electrons. The van der Waals surface area contributed by atoms with Crippen LogP contribution >= 0.6 is 24.0 Å². The Hall–Kier alpha value is -2.10. The van der Waals surface area contributed by atoms with E-state index in [-0.39, 0.29) is 35.9 Å². The molecule has 0 spiro atoms. The third kappa shape index (κ3) is 6.44. The van der Waals surface area contributed by atoms with Crippen LogP contribution in [0.15, 0.2) is 48.0 Å². The summed E-state index contributed by atoms with van der Waals surface area (Å²) in [6.07, 6.45) is 11.1. The quantitative estimate of drug-likeness (QED) is 0.338. The van der Waals surface area contributed by atoms with Gasteiger partial charge in [-0.1, -0.05) is 37.1 Å². The maximum atomic E-state index is 12.6. The average molecular weight is 536 g/mol. The molecule has 2 aliphatic rings. The number of benzene rings is 1. The summed E-state index contributed by atoms with van der Waals surface area (Å²) in [6.45, 7) is 3.17. The van der Waals surface area contributed by atoms with Crippen molar-refractivity contribution in [1.29, 1.82) is 0 Å². The Morgan fingerprint density at radius 1 is 1.16 bits per heavy atom. The number of carbonyl (C=O) groups is 1. The van der Waals surface area contributed by atoms with Crippen LogP contribution in [0.3, 0.4) is 0 Å². The zero-order chi connectivity index (χ0) is 20.8. The summed E-state index contributed by atoms with van der Waals surface area (Å²) in [4.78, 5) is 23.1. The maximum absolute atomic E-state index is 12.6. The highest BCUT2D eigenvalue weighted by molar-refractivity contribution is 14.0. The van der Waals surface area contributed by atoms with Crippen molar-refractivity contribution in [2.24, 2.45) is 10.9 Å². The number of amides is 1. The summed E-state index contributed by atoms with van der Waals surface area (Å²) in [6, 6.07) is 8.85. The van der Waals surface area contributed by atoms with Crippen molar-refractivity contribution in [1.82, 2.24) is 25.1 Å². The molecule has 2 N–H and O–H groups in total. The second kappa shape index (κ2) is 11.5. The number of imidazole rings is 1. The Morgan fingerprint density at radius 2 is 1.90 bits per heavy atom. The smallest absolute Gasteiger partial charge is 0.225 e. The third-order valence-corrected chi connectivity index (χ3v) is 6.18. The first-order chi connectivity index (χ1) is 14.7. The molecule has 1 atom stereocenters. The first-order valence-electron chi connectivity index (χ1n) is 11.0. The van der Waals surface area contributed by atoms with Gasteiger partial charge in [-0.05, 0) is 30.4 Å². The molecule has 1 aliphatic carbocycles. The standard InChI is InChI=1S/C23H32N6O.HI/c1-24-23(27-21-10-12-29(16-21)22(30)20-4-2-3-5-20)26-14-18-6-8-19(9-7-18)15-28-13-11-25-17-28;/h6-9,11,13,17,20-21H,2-5,10,12,14-16H2,1H3,(H2,24,26,27);1H. The number of likely N-dealkylation sites (tertiary alicyclic amines) is 1. The van der Waals surface area contributed by atoms with Crippen molar-refractivity contribution in [2.75, 3.05) is 20.1 Å². The average Bonchev–Trinajstić information content (AvgIpc) is 3.55. The van der Waals surface area contributed by atoms with Crippen LogP contribution in [0.25, 0.3) is 0 Å². The Bertz CT molecular complexity index is 845. The summed E-state index contributed by atoms with van der Waals surface area (Å²) in [5.41, 5.74) is 2.45. The first kappa shape index (κ1) is 23.6. The molecule has 4 rings (SSSR count). The number of hydrogen-bond donors (Lipinski definition) is 2. The van der Waals surface area contributed by atoms with Crippen LogP contribution in [0, 0.1) is 5.92 Å². The zero-order valence-electron chi connectivity index (χ0n) is 18.2. The Kier molecular flexibility index (Phi) is 8.74. The largest absolute Gasteiger partial charge is 0.352 e. The molecule has 1 saturated carbocycles. The molecule has 2 aromatic rings.